The van der Waals surface area contributed by atoms with Crippen LogP contribution in [0.25, 0.3) is 5.69 Å². The van der Waals surface area contributed by atoms with Crippen molar-refractivity contribution in [3.63, 3.8) is 0 Å². The van der Waals surface area contributed by atoms with E-state index in [9.17, 15) is 5.11 Å². The molecule has 0 saturated carbocycles. The molecule has 0 aliphatic carbocycles. The Morgan fingerprint density at radius 3 is 2.31 bits per heavy atom. The number of hydrogen-bond acceptors (Lipinski definition) is 4. The summed E-state index contributed by atoms with van der Waals surface area (Å²) in [7, 11) is 0. The van der Waals surface area contributed by atoms with Crippen molar-refractivity contribution in [2.45, 2.75) is 19.4 Å². The lowest BCUT2D eigenvalue weighted by Gasteiger charge is -2.11. The Hall–Kier alpha value is -1.88. The van der Waals surface area contributed by atoms with Crippen LogP contribution in [-0.4, -0.2) is 25.2 Å². The first-order chi connectivity index (χ1) is 7.47. The maximum Gasteiger partial charge on any atom is 0.115 e. The summed E-state index contributed by atoms with van der Waals surface area (Å²) >= 11 is 0. The molecule has 16 heavy (non-hydrogen) atoms. The predicted octanol–water partition coefficient (Wildman–Crippen LogP) is 1.20. The Morgan fingerprint density at radius 2 is 1.81 bits per heavy atom. The summed E-state index contributed by atoms with van der Waals surface area (Å²) < 4.78 is 1.55. The molecule has 0 aliphatic rings. The van der Waals surface area contributed by atoms with Crippen LogP contribution >= 0.6 is 0 Å². The maximum absolute atomic E-state index is 9.74. The van der Waals surface area contributed by atoms with Gasteiger partial charge in [-0.15, -0.1) is 5.10 Å². The molecule has 5 nitrogen and oxygen atoms in total. The van der Waals surface area contributed by atoms with Crippen LogP contribution in [0.4, 0.5) is 0 Å². The average molecular weight is 219 g/mol. The third-order valence-corrected chi connectivity index (χ3v) is 2.23. The third kappa shape index (κ3) is 2.04. The summed E-state index contributed by atoms with van der Waals surface area (Å²) in [6, 6.07) is 6.58. The molecule has 0 radical (unpaired) electrons. The van der Waals surface area contributed by atoms with Gasteiger partial charge in [-0.25, -0.2) is 4.68 Å². The van der Waals surface area contributed by atoms with Crippen LogP contribution in [0.2, 0.25) is 0 Å². The molecule has 0 atom stereocenters. The zero-order valence-electron chi connectivity index (χ0n) is 9.12. The zero-order chi connectivity index (χ0) is 11.8. The van der Waals surface area contributed by atoms with E-state index in [0.717, 1.165) is 5.69 Å². The van der Waals surface area contributed by atoms with Crippen molar-refractivity contribution in [3.8, 4) is 11.4 Å². The van der Waals surface area contributed by atoms with E-state index < -0.39 is 5.60 Å². The largest absolute Gasteiger partial charge is 0.508 e. The van der Waals surface area contributed by atoms with E-state index in [1.807, 2.05) is 0 Å². The second-order valence-electron chi connectivity index (χ2n) is 4.12. The standard InChI is InChI=1S/C11H13N3O2/c1-11(2,16)10-7-14(13-12-10)8-3-5-9(15)6-4-8/h3-7,15-16H,1-2H3. The van der Waals surface area contributed by atoms with Gasteiger partial charge in [0.2, 0.25) is 0 Å². The maximum atomic E-state index is 9.74. The lowest BCUT2D eigenvalue weighted by Crippen LogP contribution is -2.15. The number of hydrogen-bond donors (Lipinski definition) is 2. The van der Waals surface area contributed by atoms with E-state index in [-0.39, 0.29) is 5.75 Å². The van der Waals surface area contributed by atoms with E-state index in [1.165, 1.54) is 0 Å². The second kappa shape index (κ2) is 3.61. The summed E-state index contributed by atoms with van der Waals surface area (Å²) in [6.07, 6.45) is 1.66. The molecule has 0 bridgehead atoms. The average Bonchev–Trinajstić information content (AvgIpc) is 2.67. The molecule has 1 heterocycles. The number of rotatable bonds is 2. The lowest BCUT2D eigenvalue weighted by molar-refractivity contribution is 0.0737. The SMILES string of the molecule is CC(C)(O)c1cn(-c2ccc(O)cc2)nn1. The monoisotopic (exact) mass is 219 g/mol. The first kappa shape index (κ1) is 10.6. The minimum absolute atomic E-state index is 0.201. The molecule has 0 fully saturated rings. The van der Waals surface area contributed by atoms with E-state index in [4.69, 9.17) is 5.11 Å². The fourth-order valence-electron chi connectivity index (χ4n) is 1.28. The van der Waals surface area contributed by atoms with Crippen molar-refractivity contribution in [1.29, 1.82) is 0 Å². The number of nitrogens with zero attached hydrogens (tertiary/aromatic N) is 3. The minimum Gasteiger partial charge on any atom is -0.508 e. The van der Waals surface area contributed by atoms with Crippen molar-refractivity contribution in [1.82, 2.24) is 15.0 Å². The Balaban J connectivity index is 2.35. The highest BCUT2D eigenvalue weighted by Gasteiger charge is 2.20. The Morgan fingerprint density at radius 1 is 1.19 bits per heavy atom. The van der Waals surface area contributed by atoms with E-state index in [0.29, 0.717) is 5.69 Å². The normalized spacial score (nSPS) is 11.7. The van der Waals surface area contributed by atoms with Crippen LogP contribution in [-0.2, 0) is 5.60 Å². The van der Waals surface area contributed by atoms with Crippen LogP contribution in [0.5, 0.6) is 5.75 Å². The topological polar surface area (TPSA) is 71.2 Å². The van der Waals surface area contributed by atoms with E-state index in [1.54, 1.807) is 49.0 Å². The molecule has 2 N–H and O–H groups in total. The highest BCUT2D eigenvalue weighted by atomic mass is 16.3. The van der Waals surface area contributed by atoms with Gasteiger partial charge in [-0.2, -0.15) is 0 Å². The van der Waals surface area contributed by atoms with Gasteiger partial charge in [0.1, 0.15) is 17.0 Å². The minimum atomic E-state index is -1.00. The molecule has 0 saturated heterocycles. The van der Waals surface area contributed by atoms with Gasteiger partial charge >= 0.3 is 0 Å². The summed E-state index contributed by atoms with van der Waals surface area (Å²) in [5, 5.41) is 26.7. The van der Waals surface area contributed by atoms with Crippen molar-refractivity contribution >= 4 is 0 Å². The van der Waals surface area contributed by atoms with Crippen LogP contribution < -0.4 is 0 Å². The summed E-state index contributed by atoms with van der Waals surface area (Å²) in [5.41, 5.74) is 0.274. The highest BCUT2D eigenvalue weighted by molar-refractivity contribution is 5.36. The molecule has 2 aromatic rings. The van der Waals surface area contributed by atoms with Gasteiger partial charge in [-0.1, -0.05) is 5.21 Å². The number of phenolic OH excluding ortho intramolecular Hbond substituents is 1. The molecular formula is C11H13N3O2. The van der Waals surface area contributed by atoms with Crippen molar-refractivity contribution in [2.24, 2.45) is 0 Å². The molecule has 1 aromatic heterocycles. The lowest BCUT2D eigenvalue weighted by atomic mass is 10.1. The molecule has 2 rings (SSSR count). The summed E-state index contributed by atoms with van der Waals surface area (Å²) in [5.74, 6) is 0.201. The molecule has 84 valence electrons. The molecule has 0 amide bonds. The van der Waals surface area contributed by atoms with Crippen LogP contribution in [0.1, 0.15) is 19.5 Å². The van der Waals surface area contributed by atoms with Gasteiger partial charge in [0, 0.05) is 0 Å². The van der Waals surface area contributed by atoms with Crippen molar-refractivity contribution in [2.75, 3.05) is 0 Å². The molecule has 0 unspecified atom stereocenters. The Labute approximate surface area is 93.0 Å². The van der Waals surface area contributed by atoms with Crippen LogP contribution in [0.3, 0.4) is 0 Å². The smallest absolute Gasteiger partial charge is 0.115 e. The number of benzene rings is 1. The molecule has 0 aliphatic heterocycles. The highest BCUT2D eigenvalue weighted by Crippen LogP contribution is 2.18. The van der Waals surface area contributed by atoms with E-state index in [2.05, 4.69) is 10.3 Å². The quantitative estimate of drug-likeness (QED) is 0.796. The molecule has 1 aromatic carbocycles. The Kier molecular flexibility index (Phi) is 2.40. The number of phenols is 1. The molecule has 0 spiro atoms. The van der Waals surface area contributed by atoms with Crippen LogP contribution in [0, 0.1) is 0 Å². The summed E-state index contributed by atoms with van der Waals surface area (Å²) in [6.45, 7) is 3.30. The molecule has 5 heteroatoms. The zero-order valence-corrected chi connectivity index (χ0v) is 9.12. The first-order valence-electron chi connectivity index (χ1n) is 4.91. The Bertz CT molecular complexity index is 483. The second-order valence-corrected chi connectivity index (χ2v) is 4.12. The van der Waals surface area contributed by atoms with Gasteiger partial charge in [0.05, 0.1) is 11.9 Å². The van der Waals surface area contributed by atoms with Gasteiger partial charge in [-0.3, -0.25) is 0 Å². The van der Waals surface area contributed by atoms with Gasteiger partial charge in [0.25, 0.3) is 0 Å². The third-order valence-electron chi connectivity index (χ3n) is 2.23. The van der Waals surface area contributed by atoms with E-state index >= 15 is 0 Å². The first-order valence-corrected chi connectivity index (χ1v) is 4.91. The van der Waals surface area contributed by atoms with Crippen molar-refractivity contribution in [3.05, 3.63) is 36.2 Å². The van der Waals surface area contributed by atoms with Gasteiger partial charge in [0.15, 0.2) is 0 Å². The van der Waals surface area contributed by atoms with Gasteiger partial charge in [-0.05, 0) is 38.1 Å². The van der Waals surface area contributed by atoms with Crippen LogP contribution in [0.15, 0.2) is 30.5 Å². The number of aromatic hydroxyl groups is 1. The fourth-order valence-corrected chi connectivity index (χ4v) is 1.28. The van der Waals surface area contributed by atoms with Gasteiger partial charge < -0.3 is 10.2 Å². The summed E-state index contributed by atoms with van der Waals surface area (Å²) in [4.78, 5) is 0. The van der Waals surface area contributed by atoms with Crippen molar-refractivity contribution < 1.29 is 10.2 Å². The predicted molar refractivity (Wildman–Crippen MR) is 58.3 cm³/mol. The number of aliphatic hydroxyl groups is 1. The fraction of sp³-hybridized carbons (Fsp3) is 0.273. The molecular weight excluding hydrogens is 206 g/mol. The number of aromatic nitrogens is 3.